The number of amides is 2. The molecule has 0 aliphatic carbocycles. The van der Waals surface area contributed by atoms with Crippen LogP contribution in [0.3, 0.4) is 0 Å². The Hall–Kier alpha value is -1.37. The van der Waals surface area contributed by atoms with Crippen molar-refractivity contribution in [3.05, 3.63) is 0 Å². The van der Waals surface area contributed by atoms with Gasteiger partial charge in [0.05, 0.1) is 0 Å². The lowest BCUT2D eigenvalue weighted by Crippen LogP contribution is -2.52. The van der Waals surface area contributed by atoms with Crippen LogP contribution in [0, 0.1) is 4.61 Å². The third kappa shape index (κ3) is 3.05. The van der Waals surface area contributed by atoms with Gasteiger partial charge in [-0.3, -0.25) is 9.59 Å². The van der Waals surface area contributed by atoms with E-state index in [0.29, 0.717) is 0 Å². The lowest BCUT2D eigenvalue weighted by atomic mass is 10.4. The molecule has 1 fully saturated rings. The molecule has 0 spiro atoms. The van der Waals surface area contributed by atoms with Crippen LogP contribution in [0.2, 0.25) is 0 Å². The molecule has 84 valence electrons. The van der Waals surface area contributed by atoms with Crippen LogP contribution in [-0.2, 0) is 14.3 Å². The Morgan fingerprint density at radius 2 is 1.93 bits per heavy atom. The molecule has 7 nitrogen and oxygen atoms in total. The van der Waals surface area contributed by atoms with Crippen LogP contribution in [0.4, 0.5) is 0 Å². The summed E-state index contributed by atoms with van der Waals surface area (Å²) in [5.74, 6) is -1.43. The number of carbonyl (C=O) groups is 2. The molecule has 8 heteroatoms. The Morgan fingerprint density at radius 3 is 2.33 bits per heavy atom. The van der Waals surface area contributed by atoms with Gasteiger partial charge in [0.15, 0.2) is 0 Å². The first-order chi connectivity index (χ1) is 6.81. The van der Waals surface area contributed by atoms with E-state index in [2.05, 4.69) is 4.40 Å². The molecule has 0 radical (unpaired) electrons. The minimum Gasteiger partial charge on any atom is -0.368 e. The summed E-state index contributed by atoms with van der Waals surface area (Å²) in [5.41, 5.74) is 5.45. The zero-order valence-corrected chi connectivity index (χ0v) is 9.28. The second kappa shape index (κ2) is 4.01. The minimum absolute atomic E-state index is 0.205. The molecule has 1 aliphatic heterocycles. The van der Waals surface area contributed by atoms with Crippen LogP contribution >= 0.6 is 9.84 Å². The van der Waals surface area contributed by atoms with Gasteiger partial charge in [-0.2, -0.15) is 4.40 Å². The number of rotatable bonds is 0. The first-order valence-corrected chi connectivity index (χ1v) is 6.42. The van der Waals surface area contributed by atoms with Crippen molar-refractivity contribution < 1.29 is 14.3 Å². The summed E-state index contributed by atoms with van der Waals surface area (Å²) in [7, 11) is -2.24. The van der Waals surface area contributed by atoms with Crippen LogP contribution in [0.15, 0.2) is 4.40 Å². The number of nitrogens with zero attached hydrogens (tertiary/aromatic N) is 3. The van der Waals surface area contributed by atoms with E-state index in [1.165, 1.54) is 12.5 Å². The third-order valence-electron chi connectivity index (χ3n) is 1.50. The van der Waals surface area contributed by atoms with Gasteiger partial charge in [-0.1, -0.05) is 0 Å². The number of morpholine rings is 1. The molecule has 1 rings (SSSR count). The van der Waals surface area contributed by atoms with Crippen molar-refractivity contribution in [2.45, 2.75) is 0 Å². The molecule has 1 aliphatic rings. The molecule has 15 heavy (non-hydrogen) atoms. The molecule has 0 saturated carbocycles. The Labute approximate surface area is 87.9 Å². The average molecular weight is 232 g/mol. The number of guanidine groups is 1. The van der Waals surface area contributed by atoms with Crippen molar-refractivity contribution in [3.63, 3.8) is 0 Å². The average Bonchev–Trinajstić information content (AvgIpc) is 1.99. The predicted molar refractivity (Wildman–Crippen MR) is 55.5 cm³/mol. The molecule has 0 unspecified atom stereocenters. The summed E-state index contributed by atoms with van der Waals surface area (Å²) in [6.07, 6.45) is 2.94. The van der Waals surface area contributed by atoms with Gasteiger partial charge >= 0.3 is 0 Å². The summed E-state index contributed by atoms with van der Waals surface area (Å²) >= 11 is 0. The Balaban J connectivity index is 2.97. The van der Waals surface area contributed by atoms with Gasteiger partial charge in [-0.15, -0.1) is 0 Å². The van der Waals surface area contributed by atoms with Crippen molar-refractivity contribution in [2.24, 2.45) is 10.1 Å². The van der Waals surface area contributed by atoms with E-state index >= 15 is 0 Å². The maximum Gasteiger partial charge on any atom is 0.262 e. The summed E-state index contributed by atoms with van der Waals surface area (Å²) in [4.78, 5) is 23.3. The zero-order valence-electron chi connectivity index (χ0n) is 8.47. The quantitative estimate of drug-likeness (QED) is 0.332. The van der Waals surface area contributed by atoms with Crippen LogP contribution in [0.1, 0.15) is 0 Å². The lowest BCUT2D eigenvalue weighted by Gasteiger charge is -2.23. The van der Waals surface area contributed by atoms with Crippen molar-refractivity contribution in [2.75, 3.05) is 25.7 Å². The summed E-state index contributed by atoms with van der Waals surface area (Å²) in [6.45, 7) is -0.410. The van der Waals surface area contributed by atoms with E-state index in [9.17, 15) is 14.2 Å². The maximum atomic E-state index is 11.3. The molecule has 0 atom stereocenters. The molecule has 0 aromatic rings. The molecule has 0 bridgehead atoms. The van der Waals surface area contributed by atoms with Crippen molar-refractivity contribution in [1.82, 2.24) is 4.90 Å². The van der Waals surface area contributed by atoms with Gasteiger partial charge < -0.3 is 10.5 Å². The van der Waals surface area contributed by atoms with Crippen LogP contribution < -0.4 is 5.73 Å². The Bertz CT molecular complexity index is 408. The SMILES string of the molecule is CS(C)(#N)N=C(N)N1C(=O)COCC1=O. The monoisotopic (exact) mass is 232 g/mol. The normalized spacial score (nSPS) is 19.5. The largest absolute Gasteiger partial charge is 0.368 e. The lowest BCUT2D eigenvalue weighted by molar-refractivity contribution is -0.152. The topological polar surface area (TPSA) is 109 Å². The van der Waals surface area contributed by atoms with Crippen molar-refractivity contribution in [1.29, 1.82) is 4.61 Å². The summed E-state index contributed by atoms with van der Waals surface area (Å²) < 4.78 is 17.8. The highest BCUT2D eigenvalue weighted by Crippen LogP contribution is 2.22. The van der Waals surface area contributed by atoms with E-state index in [1.807, 2.05) is 0 Å². The number of ether oxygens (including phenoxy) is 1. The number of hydrogen-bond donors (Lipinski definition) is 1. The Morgan fingerprint density at radius 1 is 1.47 bits per heavy atom. The van der Waals surface area contributed by atoms with Gasteiger partial charge in [0.25, 0.3) is 11.8 Å². The van der Waals surface area contributed by atoms with Gasteiger partial charge in [-0.05, 0) is 0 Å². The second-order valence-corrected chi connectivity index (χ2v) is 5.91. The van der Waals surface area contributed by atoms with Crippen molar-refractivity contribution >= 4 is 27.6 Å². The molecular weight excluding hydrogens is 220 g/mol. The Kier molecular flexibility index (Phi) is 3.13. The zero-order chi connectivity index (χ0) is 11.6. The fourth-order valence-corrected chi connectivity index (χ4v) is 1.56. The maximum absolute atomic E-state index is 11.3. The summed E-state index contributed by atoms with van der Waals surface area (Å²) in [6, 6.07) is 0. The summed E-state index contributed by atoms with van der Waals surface area (Å²) in [5, 5.41) is 0. The van der Waals surface area contributed by atoms with Crippen LogP contribution in [0.5, 0.6) is 0 Å². The number of imide groups is 1. The molecule has 0 aromatic carbocycles. The van der Waals surface area contributed by atoms with Gasteiger partial charge in [-0.25, -0.2) is 9.51 Å². The van der Waals surface area contributed by atoms with Crippen LogP contribution in [0.25, 0.3) is 0 Å². The first-order valence-electron chi connectivity index (χ1n) is 4.06. The smallest absolute Gasteiger partial charge is 0.262 e. The third-order valence-corrected chi connectivity index (χ3v) is 2.13. The molecule has 1 saturated heterocycles. The van der Waals surface area contributed by atoms with E-state index in [4.69, 9.17) is 10.5 Å². The highest BCUT2D eigenvalue weighted by Gasteiger charge is 2.30. The number of hydrogen-bond acceptors (Lipinski definition) is 5. The van der Waals surface area contributed by atoms with Gasteiger partial charge in [0, 0.05) is 22.4 Å². The highest BCUT2D eigenvalue weighted by atomic mass is 32.2. The fraction of sp³-hybridized carbons (Fsp3) is 0.571. The molecule has 0 aromatic heterocycles. The molecular formula is C7H12N4O3S. The second-order valence-electron chi connectivity index (χ2n) is 3.29. The van der Waals surface area contributed by atoms with E-state index in [1.54, 1.807) is 0 Å². The standard InChI is InChI=1S/C7H12N4O3S/c1-15(2,9)10-7(8)11-5(12)3-14-4-6(11)13/h3-4H2,1-2H3,(H2,8,10). The molecule has 2 amide bonds. The van der Waals surface area contributed by atoms with Crippen molar-refractivity contribution in [3.8, 4) is 0 Å². The van der Waals surface area contributed by atoms with Crippen LogP contribution in [-0.4, -0.2) is 48.4 Å². The van der Waals surface area contributed by atoms with Gasteiger partial charge in [0.2, 0.25) is 5.96 Å². The molecule has 1 heterocycles. The fourth-order valence-electron chi connectivity index (χ4n) is 1.02. The number of carbonyl (C=O) groups excluding carboxylic acids is 2. The van der Waals surface area contributed by atoms with Gasteiger partial charge in [0.1, 0.15) is 13.2 Å². The van der Waals surface area contributed by atoms with E-state index in [0.717, 1.165) is 4.90 Å². The minimum atomic E-state index is -2.24. The molecule has 2 N–H and O–H groups in total. The first kappa shape index (κ1) is 11.7. The predicted octanol–water partition coefficient (Wildman–Crippen LogP) is -0.855. The van der Waals surface area contributed by atoms with E-state index < -0.39 is 21.7 Å². The number of nitrogens with two attached hydrogens (primary N) is 1. The van der Waals surface area contributed by atoms with E-state index in [-0.39, 0.29) is 19.2 Å². The highest BCUT2D eigenvalue weighted by molar-refractivity contribution is 8.19.